The van der Waals surface area contributed by atoms with Crippen LogP contribution in [0.3, 0.4) is 0 Å². The molecule has 30 heavy (non-hydrogen) atoms. The van der Waals surface area contributed by atoms with E-state index in [1.54, 1.807) is 7.05 Å². The number of carboxylic acid groups (broad SMARTS) is 1. The van der Waals surface area contributed by atoms with Crippen LogP contribution in [-0.2, 0) is 31.7 Å². The second-order valence-corrected chi connectivity index (χ2v) is 9.67. The molecule has 0 radical (unpaired) electrons. The van der Waals surface area contributed by atoms with Gasteiger partial charge in [0, 0.05) is 25.6 Å². The lowest BCUT2D eigenvalue weighted by Crippen LogP contribution is -2.37. The van der Waals surface area contributed by atoms with E-state index < -0.39 is 36.6 Å². The van der Waals surface area contributed by atoms with Gasteiger partial charge in [-0.25, -0.2) is 35.9 Å². The molecule has 0 saturated carbocycles. The fourth-order valence-corrected chi connectivity index (χ4v) is 4.89. The van der Waals surface area contributed by atoms with Gasteiger partial charge in [-0.05, 0) is 30.3 Å². The van der Waals surface area contributed by atoms with Gasteiger partial charge in [-0.15, -0.1) is 0 Å². The van der Waals surface area contributed by atoms with Crippen molar-refractivity contribution >= 4 is 31.7 Å². The van der Waals surface area contributed by atoms with Gasteiger partial charge in [0.1, 0.15) is 5.75 Å². The maximum atomic E-state index is 13.0. The lowest BCUT2D eigenvalue weighted by molar-refractivity contribution is -0.129. The summed E-state index contributed by atoms with van der Waals surface area (Å²) in [5, 5.41) is 9.16. The standard InChI is InChI=1S/C17H16N4O7S2/c1-20-10-15(19-11-20)29(24,25)14-7-8-21(16(17(22)23)18-9-14)30(26,27)13-5-3-12(28-2)4-6-13/h3-11H,1-2H3,(H,22,23). The molecule has 0 unspecified atom stereocenters. The molecule has 2 aromatic rings. The van der Waals surface area contributed by atoms with Crippen LogP contribution >= 0.6 is 0 Å². The van der Waals surface area contributed by atoms with Crippen LogP contribution in [0.4, 0.5) is 0 Å². The molecule has 1 aromatic heterocycles. The largest absolute Gasteiger partial charge is 0.497 e. The number of rotatable bonds is 6. The van der Waals surface area contributed by atoms with E-state index in [9.17, 15) is 26.7 Å². The van der Waals surface area contributed by atoms with Crippen molar-refractivity contribution in [2.24, 2.45) is 12.0 Å². The van der Waals surface area contributed by atoms with Gasteiger partial charge in [-0.2, -0.15) is 0 Å². The van der Waals surface area contributed by atoms with E-state index in [1.807, 2.05) is 0 Å². The molecule has 158 valence electrons. The first-order chi connectivity index (χ1) is 14.1. The SMILES string of the molecule is COc1ccc(S(=O)(=O)N2C=CC(S(=O)(=O)c3cn(C)cn3)=CN=C2C(=O)O)cc1. The highest BCUT2D eigenvalue weighted by molar-refractivity contribution is 7.95. The third-order valence-corrected chi connectivity index (χ3v) is 7.28. The molecule has 3 rings (SSSR count). The lowest BCUT2D eigenvalue weighted by Gasteiger charge is -2.18. The summed E-state index contributed by atoms with van der Waals surface area (Å²) < 4.78 is 58.2. The number of hydrogen-bond donors (Lipinski definition) is 1. The third kappa shape index (κ3) is 3.84. The summed E-state index contributed by atoms with van der Waals surface area (Å²) in [5.41, 5.74) is 0. The number of aryl methyl sites for hydroxylation is 1. The molecule has 0 aliphatic carbocycles. The number of aromatic nitrogens is 2. The average Bonchev–Trinajstić information content (AvgIpc) is 3.01. The second kappa shape index (κ2) is 7.76. The van der Waals surface area contributed by atoms with Crippen LogP contribution in [0.15, 0.2) is 75.1 Å². The van der Waals surface area contributed by atoms with Crippen molar-refractivity contribution in [2.75, 3.05) is 7.11 Å². The minimum Gasteiger partial charge on any atom is -0.497 e. The zero-order chi connectivity index (χ0) is 22.1. The molecule has 1 N–H and O–H groups in total. The summed E-state index contributed by atoms with van der Waals surface area (Å²) in [5.74, 6) is -2.16. The maximum Gasteiger partial charge on any atom is 0.373 e. The first kappa shape index (κ1) is 21.3. The number of carbonyl (C=O) groups is 1. The topological polar surface area (TPSA) is 148 Å². The predicted molar refractivity (Wildman–Crippen MR) is 105 cm³/mol. The van der Waals surface area contributed by atoms with Gasteiger partial charge in [0.15, 0.2) is 5.03 Å². The number of benzene rings is 1. The van der Waals surface area contributed by atoms with Crippen molar-refractivity contribution in [1.29, 1.82) is 0 Å². The first-order valence-electron chi connectivity index (χ1n) is 8.18. The van der Waals surface area contributed by atoms with Gasteiger partial charge >= 0.3 is 5.97 Å². The Labute approximate surface area is 172 Å². The number of nitrogens with zero attached hydrogens (tertiary/aromatic N) is 4. The Morgan fingerprint density at radius 2 is 1.80 bits per heavy atom. The van der Waals surface area contributed by atoms with Crippen molar-refractivity contribution in [3.05, 3.63) is 60.2 Å². The second-order valence-electron chi connectivity index (χ2n) is 5.96. The van der Waals surface area contributed by atoms with Crippen molar-refractivity contribution in [1.82, 2.24) is 13.9 Å². The van der Waals surface area contributed by atoms with E-state index in [0.717, 1.165) is 18.5 Å². The highest BCUT2D eigenvalue weighted by Crippen LogP contribution is 2.25. The van der Waals surface area contributed by atoms with Gasteiger partial charge in [0.2, 0.25) is 15.7 Å². The summed E-state index contributed by atoms with van der Waals surface area (Å²) in [7, 11) is -5.57. The van der Waals surface area contributed by atoms with Crippen LogP contribution in [-0.4, -0.2) is 54.7 Å². The van der Waals surface area contributed by atoms with Crippen molar-refractivity contribution in [3.63, 3.8) is 0 Å². The monoisotopic (exact) mass is 452 g/mol. The highest BCUT2D eigenvalue weighted by Gasteiger charge is 2.32. The number of sulfonamides is 1. The molecular formula is C17H16N4O7S2. The molecule has 11 nitrogen and oxygen atoms in total. The Kier molecular flexibility index (Phi) is 5.50. The molecule has 0 saturated heterocycles. The Bertz CT molecular complexity index is 1290. The number of methoxy groups -OCH3 is 1. The molecule has 13 heteroatoms. The molecule has 1 aliphatic rings. The number of aliphatic carboxylic acids is 1. The van der Waals surface area contributed by atoms with Crippen LogP contribution in [0, 0.1) is 0 Å². The number of allylic oxidation sites excluding steroid dienone is 1. The van der Waals surface area contributed by atoms with Crippen LogP contribution in [0.2, 0.25) is 0 Å². The minimum atomic E-state index is -4.40. The highest BCUT2D eigenvalue weighted by atomic mass is 32.2. The summed E-state index contributed by atoms with van der Waals surface area (Å²) in [6, 6.07) is 5.24. The van der Waals surface area contributed by atoms with Crippen LogP contribution < -0.4 is 4.74 Å². The van der Waals surface area contributed by atoms with Crippen LogP contribution in [0.5, 0.6) is 5.75 Å². The Morgan fingerprint density at radius 3 is 2.33 bits per heavy atom. The zero-order valence-electron chi connectivity index (χ0n) is 15.7. The fourth-order valence-electron chi connectivity index (χ4n) is 2.45. The van der Waals surface area contributed by atoms with Crippen molar-refractivity contribution in [3.8, 4) is 5.75 Å². The quantitative estimate of drug-likeness (QED) is 0.675. The number of imidazole rings is 1. The summed E-state index contributed by atoms with van der Waals surface area (Å²) in [4.78, 5) is 18.4. The van der Waals surface area contributed by atoms with E-state index in [1.165, 1.54) is 48.5 Å². The molecule has 1 aromatic carbocycles. The van der Waals surface area contributed by atoms with Crippen LogP contribution in [0.1, 0.15) is 0 Å². The number of aliphatic imine (C=N–C) groups is 1. The maximum absolute atomic E-state index is 13.0. The fraction of sp³-hybridized carbons (Fsp3) is 0.118. The average molecular weight is 452 g/mol. The Hall–Kier alpha value is -3.45. The molecule has 1 aliphatic heterocycles. The normalized spacial score (nSPS) is 14.7. The molecule has 0 fully saturated rings. The molecule has 0 atom stereocenters. The van der Waals surface area contributed by atoms with Gasteiger partial charge < -0.3 is 14.4 Å². The van der Waals surface area contributed by atoms with Crippen molar-refractivity contribution < 1.29 is 31.5 Å². The summed E-state index contributed by atoms with van der Waals surface area (Å²) in [6.07, 6.45) is 5.08. The number of amidine groups is 1. The Morgan fingerprint density at radius 1 is 1.13 bits per heavy atom. The van der Waals surface area contributed by atoms with Crippen molar-refractivity contribution in [2.45, 2.75) is 9.92 Å². The van der Waals surface area contributed by atoms with Gasteiger partial charge in [-0.3, -0.25) is 0 Å². The van der Waals surface area contributed by atoms with Gasteiger partial charge in [0.25, 0.3) is 10.0 Å². The summed E-state index contributed by atoms with van der Waals surface area (Å²) >= 11 is 0. The molecule has 0 bridgehead atoms. The number of carboxylic acids is 1. The van der Waals surface area contributed by atoms with E-state index in [2.05, 4.69) is 9.98 Å². The van der Waals surface area contributed by atoms with E-state index >= 15 is 0 Å². The van der Waals surface area contributed by atoms with Gasteiger partial charge in [0.05, 0.1) is 23.2 Å². The van der Waals surface area contributed by atoms with Crippen LogP contribution in [0.25, 0.3) is 0 Å². The van der Waals surface area contributed by atoms with E-state index in [-0.39, 0.29) is 9.92 Å². The predicted octanol–water partition coefficient (Wildman–Crippen LogP) is 0.745. The zero-order valence-corrected chi connectivity index (χ0v) is 17.3. The van der Waals surface area contributed by atoms with E-state index in [4.69, 9.17) is 4.74 Å². The van der Waals surface area contributed by atoms with Gasteiger partial charge in [-0.1, -0.05) is 0 Å². The number of sulfone groups is 1. The third-order valence-electron chi connectivity index (χ3n) is 3.97. The molecule has 0 spiro atoms. The summed E-state index contributed by atoms with van der Waals surface area (Å²) in [6.45, 7) is 0. The number of hydrogen-bond acceptors (Lipinski definition) is 8. The number of ether oxygens (including phenoxy) is 1. The molecular weight excluding hydrogens is 436 g/mol. The van der Waals surface area contributed by atoms with E-state index in [0.29, 0.717) is 10.1 Å². The Balaban J connectivity index is 2.07. The first-order valence-corrected chi connectivity index (χ1v) is 11.1. The molecule has 2 heterocycles. The lowest BCUT2D eigenvalue weighted by atomic mass is 10.3. The molecule has 0 amide bonds. The minimum absolute atomic E-state index is 0.238. The smallest absolute Gasteiger partial charge is 0.373 e.